The Balaban J connectivity index is 2.41. The molecule has 0 aromatic rings. The van der Waals surface area contributed by atoms with E-state index in [-0.39, 0.29) is 36.8 Å². The molecule has 0 aliphatic carbocycles. The fraction of sp³-hybridized carbons (Fsp3) is 0.931. The lowest BCUT2D eigenvalue weighted by Crippen LogP contribution is -2.52. The molecule has 2 rings (SSSR count). The van der Waals surface area contributed by atoms with Gasteiger partial charge in [0.1, 0.15) is 12.2 Å². The highest BCUT2D eigenvalue weighted by molar-refractivity contribution is 5.88. The number of carbonyl (C=O) groups excluding carboxylic acids is 1. The first-order valence-corrected chi connectivity index (χ1v) is 14.4. The number of aliphatic hydroxyl groups is 3. The van der Waals surface area contributed by atoms with Crippen molar-refractivity contribution >= 4 is 11.7 Å². The normalized spacial score (nSPS) is 45.5. The molecular formula is C29H53NO10. The maximum absolute atomic E-state index is 13.3. The van der Waals surface area contributed by atoms with Crippen molar-refractivity contribution in [3.63, 3.8) is 0 Å². The minimum absolute atomic E-state index is 0.0642. The number of hydrogen-bond donors (Lipinski definition) is 3. The first-order chi connectivity index (χ1) is 18.5. The number of ether oxygens (including phenoxy) is 5. The molecule has 0 spiro atoms. The van der Waals surface area contributed by atoms with Gasteiger partial charge in [0, 0.05) is 32.5 Å². The molecule has 5 unspecified atom stereocenters. The number of esters is 1. The monoisotopic (exact) mass is 575 g/mol. The molecule has 0 radical (unpaired) electrons. The van der Waals surface area contributed by atoms with Crippen LogP contribution >= 0.6 is 0 Å². The van der Waals surface area contributed by atoms with E-state index in [0.29, 0.717) is 25.0 Å². The second-order valence-corrected chi connectivity index (χ2v) is 12.6. The first kappa shape index (κ1) is 34.9. The number of cyclic esters (lactones) is 1. The van der Waals surface area contributed by atoms with Crippen LogP contribution in [0, 0.1) is 29.6 Å². The molecule has 2 aliphatic rings. The van der Waals surface area contributed by atoms with Crippen molar-refractivity contribution in [1.29, 1.82) is 0 Å². The third-order valence-corrected chi connectivity index (χ3v) is 8.40. The van der Waals surface area contributed by atoms with Gasteiger partial charge in [-0.15, -0.1) is 0 Å². The molecule has 2 saturated heterocycles. The van der Waals surface area contributed by atoms with Crippen molar-refractivity contribution in [3.05, 3.63) is 0 Å². The molecule has 2 aliphatic heterocycles. The zero-order valence-corrected chi connectivity index (χ0v) is 26.0. The van der Waals surface area contributed by atoms with Crippen LogP contribution in [0.2, 0.25) is 0 Å². The van der Waals surface area contributed by atoms with E-state index in [0.717, 1.165) is 0 Å². The number of aliphatic hydroxyl groups excluding tert-OH is 1. The molecule has 3 N–H and O–H groups in total. The summed E-state index contributed by atoms with van der Waals surface area (Å²) in [4.78, 5) is 18.5. The Hall–Kier alpha value is -1.34. The molecule has 2 fully saturated rings. The standard InChI is InChI=1S/C29H53NO10/c1-16-11-22(39-21(6)25(16)36-10)40-24-18(3)13-28(7,33)12-17(2)23(30-38-15-35-9)19(4)26(31)29(8,34)14-37-27(32)20(24)5/h16-22,24-26,31,33-34H,11-15H2,1-10H3/b30-23+/t16?,17-,18-,19?,20?,21?,22+,24+,25-,26?,28-,29-/m1/s1. The lowest BCUT2D eigenvalue weighted by atomic mass is 9.76. The SMILES string of the molecule is COCO/N=C1/C(C)C(O)[C@](C)(O)COC(=O)C(C)[C@@H](O[C@H]2CC(C)[C@@H](OC)C(C)O2)[C@H](C)C[C@](C)(O)C[C@H]1C. The summed E-state index contributed by atoms with van der Waals surface area (Å²) in [5, 5.41) is 38.0. The van der Waals surface area contributed by atoms with Gasteiger partial charge >= 0.3 is 5.97 Å². The summed E-state index contributed by atoms with van der Waals surface area (Å²) in [6.45, 7) is 13.9. The molecule has 0 bridgehead atoms. The van der Waals surface area contributed by atoms with Crippen LogP contribution in [0.5, 0.6) is 0 Å². The van der Waals surface area contributed by atoms with Crippen molar-refractivity contribution < 1.29 is 48.6 Å². The fourth-order valence-electron chi connectivity index (χ4n) is 6.41. The summed E-state index contributed by atoms with van der Waals surface area (Å²) in [7, 11) is 3.13. The van der Waals surface area contributed by atoms with Crippen molar-refractivity contribution in [2.75, 3.05) is 27.6 Å². The Kier molecular flexibility index (Phi) is 12.8. The van der Waals surface area contributed by atoms with Gasteiger partial charge in [0.2, 0.25) is 6.79 Å². The molecule has 0 aromatic heterocycles. The lowest BCUT2D eigenvalue weighted by molar-refractivity contribution is -0.264. The Bertz CT molecular complexity index is 822. The van der Waals surface area contributed by atoms with E-state index in [4.69, 9.17) is 28.5 Å². The van der Waals surface area contributed by atoms with Crippen LogP contribution in [-0.4, -0.2) is 96.5 Å². The van der Waals surface area contributed by atoms with Gasteiger partial charge in [0.05, 0.1) is 41.6 Å². The minimum Gasteiger partial charge on any atom is -0.462 e. The highest BCUT2D eigenvalue weighted by Gasteiger charge is 2.44. The van der Waals surface area contributed by atoms with Gasteiger partial charge < -0.3 is 43.8 Å². The van der Waals surface area contributed by atoms with Crippen LogP contribution in [0.25, 0.3) is 0 Å². The van der Waals surface area contributed by atoms with E-state index in [1.165, 1.54) is 14.0 Å². The third-order valence-electron chi connectivity index (χ3n) is 8.40. The summed E-state index contributed by atoms with van der Waals surface area (Å²) >= 11 is 0. The number of nitrogens with zero attached hydrogens (tertiary/aromatic N) is 1. The highest BCUT2D eigenvalue weighted by Crippen LogP contribution is 2.36. The van der Waals surface area contributed by atoms with E-state index in [9.17, 15) is 20.1 Å². The summed E-state index contributed by atoms with van der Waals surface area (Å²) in [6.07, 6.45) is -1.62. The Labute approximate surface area is 239 Å². The minimum atomic E-state index is -1.78. The van der Waals surface area contributed by atoms with Crippen molar-refractivity contribution in [2.45, 2.75) is 117 Å². The average molecular weight is 576 g/mol. The summed E-state index contributed by atoms with van der Waals surface area (Å²) in [6, 6.07) is 0. The van der Waals surface area contributed by atoms with Crippen LogP contribution in [0.15, 0.2) is 5.16 Å². The van der Waals surface area contributed by atoms with Gasteiger partial charge in [-0.3, -0.25) is 4.79 Å². The molecule has 0 saturated carbocycles. The summed E-state index contributed by atoms with van der Waals surface area (Å²) in [5.41, 5.74) is -2.51. The van der Waals surface area contributed by atoms with Crippen LogP contribution in [0.1, 0.15) is 74.7 Å². The molecular weight excluding hydrogens is 522 g/mol. The molecule has 234 valence electrons. The summed E-state index contributed by atoms with van der Waals surface area (Å²) in [5.74, 6) is -2.40. The largest absolute Gasteiger partial charge is 0.462 e. The summed E-state index contributed by atoms with van der Waals surface area (Å²) < 4.78 is 28.6. The topological polar surface area (TPSA) is 146 Å². The molecule has 11 nitrogen and oxygen atoms in total. The molecule has 0 aromatic carbocycles. The number of oxime groups is 1. The van der Waals surface area contributed by atoms with Crippen LogP contribution in [-0.2, 0) is 33.3 Å². The predicted molar refractivity (Wildman–Crippen MR) is 148 cm³/mol. The van der Waals surface area contributed by atoms with E-state index >= 15 is 0 Å². The Morgan fingerprint density at radius 1 is 0.975 bits per heavy atom. The van der Waals surface area contributed by atoms with E-state index in [2.05, 4.69) is 12.1 Å². The number of carbonyl (C=O) groups is 1. The Morgan fingerprint density at radius 3 is 2.20 bits per heavy atom. The van der Waals surface area contributed by atoms with E-state index in [1.54, 1.807) is 27.9 Å². The maximum Gasteiger partial charge on any atom is 0.311 e. The molecule has 2 heterocycles. The zero-order chi connectivity index (χ0) is 30.4. The molecule has 12 atom stereocenters. The third kappa shape index (κ3) is 9.08. The van der Waals surface area contributed by atoms with E-state index < -0.39 is 54.1 Å². The molecule has 40 heavy (non-hydrogen) atoms. The highest BCUT2D eigenvalue weighted by atomic mass is 16.7. The molecule has 11 heteroatoms. The molecule has 0 amide bonds. The van der Waals surface area contributed by atoms with Crippen molar-refractivity contribution in [2.24, 2.45) is 34.7 Å². The van der Waals surface area contributed by atoms with Gasteiger partial charge in [0.15, 0.2) is 6.29 Å². The second kappa shape index (κ2) is 14.7. The van der Waals surface area contributed by atoms with Crippen molar-refractivity contribution in [1.82, 2.24) is 0 Å². The van der Waals surface area contributed by atoms with Gasteiger partial charge in [0.25, 0.3) is 0 Å². The van der Waals surface area contributed by atoms with Gasteiger partial charge in [-0.05, 0) is 52.4 Å². The second-order valence-electron chi connectivity index (χ2n) is 12.6. The number of methoxy groups -OCH3 is 2. The van der Waals surface area contributed by atoms with Crippen LogP contribution in [0.4, 0.5) is 0 Å². The van der Waals surface area contributed by atoms with Crippen LogP contribution in [0.3, 0.4) is 0 Å². The predicted octanol–water partition coefficient (Wildman–Crippen LogP) is 2.88. The number of rotatable bonds is 6. The first-order valence-electron chi connectivity index (χ1n) is 14.4. The van der Waals surface area contributed by atoms with Gasteiger partial charge in [-0.25, -0.2) is 0 Å². The zero-order valence-electron chi connectivity index (χ0n) is 26.0. The van der Waals surface area contributed by atoms with Gasteiger partial charge in [-0.1, -0.05) is 32.9 Å². The van der Waals surface area contributed by atoms with Gasteiger partial charge in [-0.2, -0.15) is 0 Å². The number of hydrogen-bond acceptors (Lipinski definition) is 11. The smallest absolute Gasteiger partial charge is 0.311 e. The lowest BCUT2D eigenvalue weighted by Gasteiger charge is -2.42. The maximum atomic E-state index is 13.3. The Morgan fingerprint density at radius 2 is 1.62 bits per heavy atom. The average Bonchev–Trinajstić information content (AvgIpc) is 2.85. The van der Waals surface area contributed by atoms with Crippen LogP contribution < -0.4 is 0 Å². The fourth-order valence-corrected chi connectivity index (χ4v) is 6.41. The van der Waals surface area contributed by atoms with E-state index in [1.807, 2.05) is 20.8 Å². The van der Waals surface area contributed by atoms with Crippen molar-refractivity contribution in [3.8, 4) is 0 Å². The quantitative estimate of drug-likeness (QED) is 0.187.